The maximum absolute atomic E-state index is 2.50. The summed E-state index contributed by atoms with van der Waals surface area (Å²) in [6.45, 7) is 0. The average molecular weight is 529 g/mol. The van der Waals surface area contributed by atoms with Gasteiger partial charge in [-0.3, -0.25) is 0 Å². The van der Waals surface area contributed by atoms with E-state index in [-0.39, 0.29) is 0 Å². The normalized spacial score (nSPS) is 13.2. The molecule has 190 valence electrons. The fraction of sp³-hybridized carbons (Fsp3) is 0. The smallest absolute Gasteiger partial charge is 0.0620 e. The van der Waals surface area contributed by atoms with Crippen molar-refractivity contribution in [2.75, 3.05) is 0 Å². The molecule has 0 saturated heterocycles. The topological polar surface area (TPSA) is 8.82 Å². The van der Waals surface area contributed by atoms with Crippen molar-refractivity contribution >= 4 is 109 Å². The number of nitrogens with zero attached hydrogens (tertiary/aromatic N) is 2. The number of benzene rings is 8. The molecule has 0 aliphatic heterocycles. The number of fused-ring (bicyclic) bond motifs is 14. The van der Waals surface area contributed by atoms with Crippen molar-refractivity contribution in [1.82, 2.24) is 8.80 Å². The molecule has 0 aliphatic rings. The molecular weight excluding hydrogens is 508 g/mol. The van der Waals surface area contributed by atoms with Gasteiger partial charge in [0.25, 0.3) is 0 Å². The van der Waals surface area contributed by atoms with Crippen LogP contribution in [-0.2, 0) is 0 Å². The lowest BCUT2D eigenvalue weighted by atomic mass is 9.90. The van der Waals surface area contributed by atoms with Crippen LogP contribution in [0.25, 0.3) is 109 Å². The second-order valence-electron chi connectivity index (χ2n) is 12.1. The molecule has 0 radical (unpaired) electrons. The van der Waals surface area contributed by atoms with Crippen LogP contribution in [0.3, 0.4) is 0 Å². The molecule has 0 saturated carbocycles. The molecule has 0 N–H and O–H groups in total. The Kier molecular flexibility index (Phi) is 3.13. The number of para-hydroxylation sites is 4. The summed E-state index contributed by atoms with van der Waals surface area (Å²) in [5, 5.41) is 18.8. The minimum atomic E-state index is 1.28. The van der Waals surface area contributed by atoms with Gasteiger partial charge in [0, 0.05) is 43.1 Å². The average Bonchev–Trinajstić information content (AvgIpc) is 3.76. The predicted octanol–water partition coefficient (Wildman–Crippen LogP) is 10.9. The molecule has 2 heteroatoms. The monoisotopic (exact) mass is 528 g/mol. The third kappa shape index (κ3) is 2.00. The highest BCUT2D eigenvalue weighted by molar-refractivity contribution is 6.39. The lowest BCUT2D eigenvalue weighted by Crippen LogP contribution is -1.88. The predicted molar refractivity (Wildman–Crippen MR) is 179 cm³/mol. The van der Waals surface area contributed by atoms with Gasteiger partial charge >= 0.3 is 0 Å². The van der Waals surface area contributed by atoms with Gasteiger partial charge in [-0.15, -0.1) is 0 Å². The fourth-order valence-corrected chi connectivity index (χ4v) is 8.78. The summed E-state index contributed by atoms with van der Waals surface area (Å²) in [7, 11) is 0. The highest BCUT2D eigenvalue weighted by Crippen LogP contribution is 2.48. The van der Waals surface area contributed by atoms with Crippen LogP contribution in [-0.4, -0.2) is 8.80 Å². The van der Waals surface area contributed by atoms with Gasteiger partial charge < -0.3 is 8.80 Å². The molecule has 8 aromatic carbocycles. The summed E-state index contributed by atoms with van der Waals surface area (Å²) in [6.07, 6.45) is 0. The fourth-order valence-electron chi connectivity index (χ4n) is 8.78. The zero-order valence-electron chi connectivity index (χ0n) is 22.4. The molecule has 0 atom stereocenters. The van der Waals surface area contributed by atoms with Crippen LogP contribution in [0.15, 0.2) is 121 Å². The Bertz CT molecular complexity index is 2900. The second-order valence-corrected chi connectivity index (χ2v) is 12.1. The molecule has 42 heavy (non-hydrogen) atoms. The van der Waals surface area contributed by atoms with E-state index in [1.165, 1.54) is 109 Å². The van der Waals surface area contributed by atoms with Crippen LogP contribution in [0.2, 0.25) is 0 Å². The van der Waals surface area contributed by atoms with E-state index in [1.54, 1.807) is 0 Å². The minimum absolute atomic E-state index is 1.28. The Morgan fingerprint density at radius 3 is 1.21 bits per heavy atom. The van der Waals surface area contributed by atoms with E-state index in [9.17, 15) is 0 Å². The first-order chi connectivity index (χ1) is 20.9. The number of hydrogen-bond acceptors (Lipinski definition) is 0. The third-order valence-electron chi connectivity index (χ3n) is 10.3. The van der Waals surface area contributed by atoms with Crippen molar-refractivity contribution in [2.24, 2.45) is 0 Å². The van der Waals surface area contributed by atoms with E-state index in [2.05, 4.69) is 130 Å². The van der Waals surface area contributed by atoms with Gasteiger partial charge in [0.05, 0.1) is 33.1 Å². The molecular formula is C40H20N2. The SMILES string of the molecule is c1ccc2c(c1)c1cccc3c4c5ccc6cc7c(c8ccc(cc4n2c13)c5c68)c1cccc2c3ccccc3n7c21. The van der Waals surface area contributed by atoms with E-state index >= 15 is 0 Å². The molecule has 0 amide bonds. The summed E-state index contributed by atoms with van der Waals surface area (Å²) in [6, 6.07) is 45.7. The van der Waals surface area contributed by atoms with Gasteiger partial charge in [-0.05, 0) is 56.6 Å². The van der Waals surface area contributed by atoms with Crippen LogP contribution in [0.1, 0.15) is 0 Å². The first-order valence-electron chi connectivity index (χ1n) is 14.7. The second kappa shape index (κ2) is 6.48. The molecule has 0 unspecified atom stereocenters. The Balaban J connectivity index is 1.35. The van der Waals surface area contributed by atoms with Gasteiger partial charge in [0.1, 0.15) is 0 Å². The van der Waals surface area contributed by atoms with Crippen molar-refractivity contribution in [1.29, 1.82) is 0 Å². The van der Waals surface area contributed by atoms with Crippen LogP contribution >= 0.6 is 0 Å². The Morgan fingerprint density at radius 2 is 0.714 bits per heavy atom. The molecule has 0 fully saturated rings. The number of rotatable bonds is 0. The molecule has 0 bridgehead atoms. The molecule has 4 aromatic heterocycles. The lowest BCUT2D eigenvalue weighted by molar-refractivity contribution is 1.37. The summed E-state index contributed by atoms with van der Waals surface area (Å²) in [5.41, 5.74) is 7.83. The van der Waals surface area contributed by atoms with Crippen molar-refractivity contribution in [3.05, 3.63) is 121 Å². The first-order valence-corrected chi connectivity index (χ1v) is 14.7. The lowest BCUT2D eigenvalue weighted by Gasteiger charge is -2.14. The van der Waals surface area contributed by atoms with Gasteiger partial charge in [-0.2, -0.15) is 0 Å². The Labute approximate surface area is 238 Å². The summed E-state index contributed by atoms with van der Waals surface area (Å²) in [5.74, 6) is 0. The van der Waals surface area contributed by atoms with E-state index < -0.39 is 0 Å². The molecule has 0 aliphatic carbocycles. The maximum Gasteiger partial charge on any atom is 0.0620 e. The number of aromatic nitrogens is 2. The van der Waals surface area contributed by atoms with Crippen LogP contribution in [0, 0.1) is 0 Å². The molecule has 2 nitrogen and oxygen atoms in total. The highest BCUT2D eigenvalue weighted by Gasteiger charge is 2.23. The maximum atomic E-state index is 2.50. The first kappa shape index (κ1) is 20.3. The van der Waals surface area contributed by atoms with Crippen LogP contribution in [0.4, 0.5) is 0 Å². The number of hydrogen-bond donors (Lipinski definition) is 0. The standard InChI is InChI=1S/C40H20N2/c1-3-13-31-23(7-1)25-9-5-11-29-37-27-17-16-22-20-34-38(28-18-15-21(35(27)36(22)28)19-33(37)41(31)39(25)29)30-12-6-10-26-24-8-2-4-14-32(24)42(34)40(26)30/h1-20H. The van der Waals surface area contributed by atoms with Crippen molar-refractivity contribution in [3.63, 3.8) is 0 Å². The molecule has 0 spiro atoms. The molecule has 12 rings (SSSR count). The summed E-state index contributed by atoms with van der Waals surface area (Å²) >= 11 is 0. The zero-order chi connectivity index (χ0) is 26.8. The van der Waals surface area contributed by atoms with Gasteiger partial charge in [0.2, 0.25) is 0 Å². The zero-order valence-corrected chi connectivity index (χ0v) is 22.4. The highest BCUT2D eigenvalue weighted by atomic mass is 14.9. The minimum Gasteiger partial charge on any atom is -0.308 e. The van der Waals surface area contributed by atoms with Gasteiger partial charge in [-0.1, -0.05) is 97.1 Å². The van der Waals surface area contributed by atoms with Crippen LogP contribution in [0.5, 0.6) is 0 Å². The van der Waals surface area contributed by atoms with Gasteiger partial charge in [-0.25, -0.2) is 0 Å². The van der Waals surface area contributed by atoms with E-state index in [4.69, 9.17) is 0 Å². The summed E-state index contributed by atoms with van der Waals surface area (Å²) < 4.78 is 5.00. The van der Waals surface area contributed by atoms with Gasteiger partial charge in [0.15, 0.2) is 0 Å². The molecule has 4 heterocycles. The van der Waals surface area contributed by atoms with Crippen molar-refractivity contribution < 1.29 is 0 Å². The van der Waals surface area contributed by atoms with Crippen molar-refractivity contribution in [2.45, 2.75) is 0 Å². The Morgan fingerprint density at radius 1 is 0.286 bits per heavy atom. The van der Waals surface area contributed by atoms with E-state index in [0.29, 0.717) is 0 Å². The largest absolute Gasteiger partial charge is 0.308 e. The Hall–Kier alpha value is -5.60. The quantitative estimate of drug-likeness (QED) is 0.173. The van der Waals surface area contributed by atoms with Crippen LogP contribution < -0.4 is 0 Å². The van der Waals surface area contributed by atoms with E-state index in [0.717, 1.165) is 0 Å². The summed E-state index contributed by atoms with van der Waals surface area (Å²) in [4.78, 5) is 0. The third-order valence-corrected chi connectivity index (χ3v) is 10.3. The molecule has 12 aromatic rings. The van der Waals surface area contributed by atoms with E-state index in [1.807, 2.05) is 0 Å². The van der Waals surface area contributed by atoms with Crippen molar-refractivity contribution in [3.8, 4) is 0 Å².